The Morgan fingerprint density at radius 3 is 2.87 bits per heavy atom. The van der Waals surface area contributed by atoms with Crippen molar-refractivity contribution in [3.8, 4) is 0 Å². The summed E-state index contributed by atoms with van der Waals surface area (Å²) < 4.78 is 0. The molecular weight excluding hydrogens is 194 g/mol. The molecule has 0 unspecified atom stereocenters. The van der Waals surface area contributed by atoms with Crippen LogP contribution in [0.15, 0.2) is 4.79 Å². The number of rotatable bonds is 2. The summed E-state index contributed by atoms with van der Waals surface area (Å²) in [7, 11) is 0. The molecule has 15 heavy (non-hydrogen) atoms. The van der Waals surface area contributed by atoms with E-state index in [0.29, 0.717) is 30.6 Å². The summed E-state index contributed by atoms with van der Waals surface area (Å²) in [5.74, 6) is 0.0726. The quantitative estimate of drug-likeness (QED) is 0.702. The van der Waals surface area contributed by atoms with E-state index in [1.165, 1.54) is 0 Å². The molecule has 0 aromatic carbocycles. The van der Waals surface area contributed by atoms with Crippen LogP contribution in [0.4, 0.5) is 0 Å². The van der Waals surface area contributed by atoms with E-state index in [2.05, 4.69) is 9.97 Å². The third-order valence-electron chi connectivity index (χ3n) is 2.58. The molecule has 0 saturated carbocycles. The Kier molecular flexibility index (Phi) is 2.64. The third-order valence-corrected chi connectivity index (χ3v) is 2.58. The first-order valence-corrected chi connectivity index (χ1v) is 5.07. The van der Waals surface area contributed by atoms with Gasteiger partial charge in [0.25, 0.3) is 0 Å². The lowest BCUT2D eigenvalue weighted by Crippen LogP contribution is -2.25. The smallest absolute Gasteiger partial charge is 0.330 e. The van der Waals surface area contributed by atoms with E-state index in [1.807, 2.05) is 0 Å². The highest BCUT2D eigenvalue weighted by Gasteiger charge is 2.22. The van der Waals surface area contributed by atoms with E-state index >= 15 is 0 Å². The van der Waals surface area contributed by atoms with Crippen molar-refractivity contribution in [3.05, 3.63) is 27.4 Å². The fraction of sp³-hybridized carbons (Fsp3) is 0.500. The van der Waals surface area contributed by atoms with E-state index in [4.69, 9.17) is 5.73 Å². The molecule has 0 atom stereocenters. The maximum Gasteiger partial charge on any atom is 0.345 e. The van der Waals surface area contributed by atoms with Crippen LogP contribution in [0.5, 0.6) is 0 Å². The number of Topliss-reactive ketones (excluding diaryl/α,β-unsaturated/α-hetero) is 1. The number of hydrogen-bond donors (Lipinski definition) is 2. The minimum Gasteiger partial charge on any atom is -0.330 e. The molecule has 5 nitrogen and oxygen atoms in total. The minimum absolute atomic E-state index is 0.0726. The zero-order valence-electron chi connectivity index (χ0n) is 8.38. The van der Waals surface area contributed by atoms with E-state index in [9.17, 15) is 9.59 Å². The molecule has 1 aliphatic rings. The van der Waals surface area contributed by atoms with Gasteiger partial charge in [0.1, 0.15) is 0 Å². The fourth-order valence-corrected chi connectivity index (χ4v) is 1.96. The Labute approximate surface area is 86.7 Å². The van der Waals surface area contributed by atoms with E-state index in [0.717, 1.165) is 18.5 Å². The standard InChI is InChI=1S/C10H13N3O2/c11-5-4-7-9-6(12-10(15)13-7)2-1-3-8(9)14/h1-5,11H2,(H,12,13,15). The SMILES string of the molecule is NCCc1nc(=O)[nH]c2c1C(=O)CCC2. The van der Waals surface area contributed by atoms with Gasteiger partial charge in [-0.3, -0.25) is 4.79 Å². The molecule has 0 spiro atoms. The molecule has 1 heterocycles. The molecule has 1 aromatic heterocycles. The van der Waals surface area contributed by atoms with Crippen LogP contribution >= 0.6 is 0 Å². The number of nitrogens with two attached hydrogens (primary N) is 1. The topological polar surface area (TPSA) is 88.8 Å². The van der Waals surface area contributed by atoms with Gasteiger partial charge in [-0.25, -0.2) is 4.79 Å². The number of aromatic amines is 1. The van der Waals surface area contributed by atoms with Crippen molar-refractivity contribution < 1.29 is 4.79 Å². The maximum absolute atomic E-state index is 11.7. The molecule has 0 aliphatic heterocycles. The molecule has 0 saturated heterocycles. The number of carbonyl (C=O) groups excluding carboxylic acids is 1. The second-order valence-corrected chi connectivity index (χ2v) is 3.66. The van der Waals surface area contributed by atoms with Crippen molar-refractivity contribution in [2.45, 2.75) is 25.7 Å². The summed E-state index contributed by atoms with van der Waals surface area (Å²) in [5.41, 5.74) is 6.93. The van der Waals surface area contributed by atoms with Crippen LogP contribution in [0.1, 0.15) is 34.6 Å². The number of H-pyrrole nitrogens is 1. The van der Waals surface area contributed by atoms with Gasteiger partial charge in [0.15, 0.2) is 5.78 Å². The van der Waals surface area contributed by atoms with E-state index in [1.54, 1.807) is 0 Å². The number of hydrogen-bond acceptors (Lipinski definition) is 4. The second-order valence-electron chi connectivity index (χ2n) is 3.66. The Hall–Kier alpha value is -1.49. The molecule has 1 aliphatic carbocycles. The summed E-state index contributed by atoms with van der Waals surface area (Å²) in [6.07, 6.45) is 2.57. The predicted molar refractivity (Wildman–Crippen MR) is 54.9 cm³/mol. The van der Waals surface area contributed by atoms with Crippen LogP contribution in [0.25, 0.3) is 0 Å². The molecular formula is C10H13N3O2. The second kappa shape index (κ2) is 3.94. The summed E-state index contributed by atoms with van der Waals surface area (Å²) in [5, 5.41) is 0. The highest BCUT2D eigenvalue weighted by Crippen LogP contribution is 2.20. The van der Waals surface area contributed by atoms with Gasteiger partial charge < -0.3 is 10.7 Å². The van der Waals surface area contributed by atoms with Gasteiger partial charge >= 0.3 is 5.69 Å². The summed E-state index contributed by atoms with van der Waals surface area (Å²) >= 11 is 0. The van der Waals surface area contributed by atoms with Crippen LogP contribution in [-0.4, -0.2) is 22.3 Å². The van der Waals surface area contributed by atoms with Crippen LogP contribution in [0.2, 0.25) is 0 Å². The first kappa shape index (κ1) is 10.0. The number of nitrogens with one attached hydrogen (secondary N) is 1. The van der Waals surface area contributed by atoms with Gasteiger partial charge in [0.05, 0.1) is 11.3 Å². The molecule has 0 amide bonds. The van der Waals surface area contributed by atoms with Crippen molar-refractivity contribution in [1.82, 2.24) is 9.97 Å². The Balaban J connectivity index is 2.58. The Morgan fingerprint density at radius 2 is 2.13 bits per heavy atom. The zero-order chi connectivity index (χ0) is 10.8. The highest BCUT2D eigenvalue weighted by atomic mass is 16.1. The molecule has 0 bridgehead atoms. The summed E-state index contributed by atoms with van der Waals surface area (Å²) in [6, 6.07) is 0. The first-order valence-electron chi connectivity index (χ1n) is 5.07. The number of nitrogens with zero attached hydrogens (tertiary/aromatic N) is 1. The normalized spacial score (nSPS) is 15.1. The number of fused-ring (bicyclic) bond motifs is 1. The Morgan fingerprint density at radius 1 is 1.33 bits per heavy atom. The molecule has 80 valence electrons. The highest BCUT2D eigenvalue weighted by molar-refractivity contribution is 5.98. The van der Waals surface area contributed by atoms with E-state index in [-0.39, 0.29) is 11.5 Å². The molecule has 3 N–H and O–H groups in total. The molecule has 1 aromatic rings. The number of carbonyl (C=O) groups is 1. The number of ketones is 1. The lowest BCUT2D eigenvalue weighted by atomic mass is 9.92. The molecule has 2 rings (SSSR count). The predicted octanol–water partition coefficient (Wildman–Crippen LogP) is -0.210. The monoisotopic (exact) mass is 207 g/mol. The average Bonchev–Trinajstić information content (AvgIpc) is 2.17. The lowest BCUT2D eigenvalue weighted by molar-refractivity contribution is 0.0970. The molecule has 5 heteroatoms. The lowest BCUT2D eigenvalue weighted by Gasteiger charge is -2.16. The summed E-state index contributed by atoms with van der Waals surface area (Å²) in [6.45, 7) is 0.399. The fourth-order valence-electron chi connectivity index (χ4n) is 1.96. The van der Waals surface area contributed by atoms with Crippen LogP contribution in [0, 0.1) is 0 Å². The van der Waals surface area contributed by atoms with Crippen molar-refractivity contribution in [3.63, 3.8) is 0 Å². The minimum atomic E-state index is -0.382. The maximum atomic E-state index is 11.7. The largest absolute Gasteiger partial charge is 0.345 e. The zero-order valence-corrected chi connectivity index (χ0v) is 8.38. The van der Waals surface area contributed by atoms with Crippen LogP contribution in [-0.2, 0) is 12.8 Å². The van der Waals surface area contributed by atoms with Crippen molar-refractivity contribution in [2.24, 2.45) is 5.73 Å². The van der Waals surface area contributed by atoms with Gasteiger partial charge in [-0.15, -0.1) is 0 Å². The van der Waals surface area contributed by atoms with Gasteiger partial charge in [0, 0.05) is 18.5 Å². The van der Waals surface area contributed by atoms with Crippen molar-refractivity contribution >= 4 is 5.78 Å². The Bertz CT molecular complexity index is 450. The summed E-state index contributed by atoms with van der Waals surface area (Å²) in [4.78, 5) is 29.4. The van der Waals surface area contributed by atoms with Crippen LogP contribution in [0.3, 0.4) is 0 Å². The molecule has 0 radical (unpaired) electrons. The van der Waals surface area contributed by atoms with E-state index < -0.39 is 0 Å². The van der Waals surface area contributed by atoms with Crippen LogP contribution < -0.4 is 11.4 Å². The third kappa shape index (κ3) is 1.83. The first-order chi connectivity index (χ1) is 7.22. The number of aryl methyl sites for hydroxylation is 1. The average molecular weight is 207 g/mol. The van der Waals surface area contributed by atoms with Gasteiger partial charge in [-0.05, 0) is 19.4 Å². The van der Waals surface area contributed by atoms with Gasteiger partial charge in [-0.1, -0.05) is 0 Å². The van der Waals surface area contributed by atoms with Crippen molar-refractivity contribution in [1.29, 1.82) is 0 Å². The van der Waals surface area contributed by atoms with Gasteiger partial charge in [-0.2, -0.15) is 4.98 Å². The number of aromatic nitrogens is 2. The van der Waals surface area contributed by atoms with Crippen molar-refractivity contribution in [2.75, 3.05) is 6.54 Å². The van der Waals surface area contributed by atoms with Gasteiger partial charge in [0.2, 0.25) is 0 Å². The molecule has 0 fully saturated rings.